The van der Waals surface area contributed by atoms with Crippen molar-refractivity contribution in [2.75, 3.05) is 39.9 Å². The molecule has 1 heterocycles. The summed E-state index contributed by atoms with van der Waals surface area (Å²) in [5.41, 5.74) is 0.740. The highest BCUT2D eigenvalue weighted by molar-refractivity contribution is 7.89. The van der Waals surface area contributed by atoms with Gasteiger partial charge in [-0.2, -0.15) is 4.31 Å². The van der Waals surface area contributed by atoms with Gasteiger partial charge in [0.25, 0.3) is 0 Å². The molecule has 1 saturated heterocycles. The number of nitrogens with zero attached hydrogens (tertiary/aromatic N) is 2. The van der Waals surface area contributed by atoms with Crippen molar-refractivity contribution in [3.05, 3.63) is 59.7 Å². The average molecular weight is 495 g/mol. The molecule has 0 saturated carbocycles. The van der Waals surface area contributed by atoms with Gasteiger partial charge in [0.15, 0.2) is 16.4 Å². The van der Waals surface area contributed by atoms with Crippen molar-refractivity contribution >= 4 is 22.0 Å². The van der Waals surface area contributed by atoms with Gasteiger partial charge in [-0.3, -0.25) is 4.79 Å². The Morgan fingerprint density at radius 2 is 1.74 bits per heavy atom. The van der Waals surface area contributed by atoms with Gasteiger partial charge in [0, 0.05) is 32.3 Å². The standard InChI is InChI=1S/C24H28F2N2O5S/c1-3-4-16-33-21-10-8-18(17-22(21)32-2)9-11-23(29)27-12-14-28(15-13-27)34(30,31)24-19(25)6-5-7-20(24)26/h5-11,17H,3-4,12-16H2,1-2H3/b11-9+. The number of methoxy groups -OCH3 is 1. The average Bonchev–Trinajstić information content (AvgIpc) is 2.83. The number of amides is 1. The van der Waals surface area contributed by atoms with E-state index in [9.17, 15) is 22.0 Å². The molecule has 2 aromatic rings. The molecule has 34 heavy (non-hydrogen) atoms. The number of piperazine rings is 1. The van der Waals surface area contributed by atoms with Crippen LogP contribution in [0.1, 0.15) is 25.3 Å². The maximum atomic E-state index is 14.0. The zero-order valence-electron chi connectivity index (χ0n) is 19.2. The summed E-state index contributed by atoms with van der Waals surface area (Å²) in [6.45, 7) is 2.75. The highest BCUT2D eigenvalue weighted by atomic mass is 32.2. The molecule has 3 rings (SSSR count). The lowest BCUT2D eigenvalue weighted by atomic mass is 10.2. The molecular formula is C24H28F2N2O5S. The van der Waals surface area contributed by atoms with Crippen molar-refractivity contribution in [2.45, 2.75) is 24.7 Å². The van der Waals surface area contributed by atoms with Crippen LogP contribution < -0.4 is 9.47 Å². The Bertz CT molecular complexity index is 1130. The van der Waals surface area contributed by atoms with E-state index in [2.05, 4.69) is 6.92 Å². The predicted octanol–water partition coefficient (Wildman–Crippen LogP) is 3.70. The zero-order valence-corrected chi connectivity index (χ0v) is 20.0. The van der Waals surface area contributed by atoms with Gasteiger partial charge >= 0.3 is 0 Å². The maximum absolute atomic E-state index is 14.0. The van der Waals surface area contributed by atoms with Crippen molar-refractivity contribution in [2.24, 2.45) is 0 Å². The zero-order chi connectivity index (χ0) is 24.7. The lowest BCUT2D eigenvalue weighted by Gasteiger charge is -2.33. The van der Waals surface area contributed by atoms with Gasteiger partial charge < -0.3 is 14.4 Å². The largest absolute Gasteiger partial charge is 0.493 e. The normalized spacial score (nSPS) is 15.0. The van der Waals surface area contributed by atoms with E-state index in [4.69, 9.17) is 9.47 Å². The number of sulfonamides is 1. The highest BCUT2D eigenvalue weighted by Gasteiger charge is 2.33. The summed E-state index contributed by atoms with van der Waals surface area (Å²) in [6, 6.07) is 8.26. The predicted molar refractivity (Wildman–Crippen MR) is 124 cm³/mol. The molecule has 10 heteroatoms. The van der Waals surface area contributed by atoms with Gasteiger partial charge in [-0.05, 0) is 42.3 Å². The number of hydrogen-bond acceptors (Lipinski definition) is 5. The molecule has 0 aliphatic carbocycles. The quantitative estimate of drug-likeness (QED) is 0.393. The SMILES string of the molecule is CCCCOc1ccc(/C=C/C(=O)N2CCN(S(=O)(=O)c3c(F)cccc3F)CC2)cc1OC. The number of carbonyl (C=O) groups is 1. The van der Waals surface area contributed by atoms with Crippen LogP contribution in [-0.4, -0.2) is 63.4 Å². The smallest absolute Gasteiger partial charge is 0.249 e. The number of ether oxygens (including phenoxy) is 2. The fraction of sp³-hybridized carbons (Fsp3) is 0.375. The number of hydrogen-bond donors (Lipinski definition) is 0. The van der Waals surface area contributed by atoms with Gasteiger partial charge in [-0.15, -0.1) is 0 Å². The van der Waals surface area contributed by atoms with Gasteiger partial charge in [0.05, 0.1) is 13.7 Å². The van der Waals surface area contributed by atoms with Crippen LogP contribution in [-0.2, 0) is 14.8 Å². The Kier molecular flexibility index (Phi) is 8.62. The van der Waals surface area contributed by atoms with Crippen LogP contribution in [0.3, 0.4) is 0 Å². The minimum atomic E-state index is -4.35. The van der Waals surface area contributed by atoms with Crippen LogP contribution in [0.15, 0.2) is 47.4 Å². The van der Waals surface area contributed by atoms with Crippen LogP contribution >= 0.6 is 0 Å². The summed E-state index contributed by atoms with van der Waals surface area (Å²) in [4.78, 5) is 13.1. The molecule has 1 aliphatic rings. The lowest BCUT2D eigenvalue weighted by molar-refractivity contribution is -0.127. The van der Waals surface area contributed by atoms with Crippen molar-refractivity contribution in [1.82, 2.24) is 9.21 Å². The summed E-state index contributed by atoms with van der Waals surface area (Å²) in [6.07, 6.45) is 4.99. The van der Waals surface area contributed by atoms with Crippen molar-refractivity contribution in [1.29, 1.82) is 0 Å². The first-order chi connectivity index (χ1) is 16.3. The lowest BCUT2D eigenvalue weighted by Crippen LogP contribution is -2.50. The molecule has 0 aromatic heterocycles. The number of unbranched alkanes of at least 4 members (excludes halogenated alkanes) is 1. The third kappa shape index (κ3) is 5.92. The molecular weight excluding hydrogens is 466 g/mol. The summed E-state index contributed by atoms with van der Waals surface area (Å²) in [7, 11) is -2.80. The van der Waals surface area contributed by atoms with Gasteiger partial charge in [-0.1, -0.05) is 25.5 Å². The Balaban J connectivity index is 1.61. The molecule has 0 spiro atoms. The van der Waals surface area contributed by atoms with Crippen LogP contribution in [0.4, 0.5) is 8.78 Å². The van der Waals surface area contributed by atoms with E-state index in [1.165, 1.54) is 11.0 Å². The van der Waals surface area contributed by atoms with E-state index in [-0.39, 0.29) is 32.1 Å². The minimum absolute atomic E-state index is 0.0622. The van der Waals surface area contributed by atoms with E-state index in [1.54, 1.807) is 31.4 Å². The van der Waals surface area contributed by atoms with Gasteiger partial charge in [0.1, 0.15) is 11.6 Å². The topological polar surface area (TPSA) is 76.2 Å². The van der Waals surface area contributed by atoms with Crippen LogP contribution in [0, 0.1) is 11.6 Å². The summed E-state index contributed by atoms with van der Waals surface area (Å²) in [5, 5.41) is 0. The third-order valence-corrected chi connectivity index (χ3v) is 7.38. The van der Waals surface area contributed by atoms with Crippen molar-refractivity contribution in [3.8, 4) is 11.5 Å². The monoisotopic (exact) mass is 494 g/mol. The van der Waals surface area contributed by atoms with E-state index in [0.717, 1.165) is 40.9 Å². The van der Waals surface area contributed by atoms with E-state index in [0.29, 0.717) is 18.1 Å². The Morgan fingerprint density at radius 3 is 2.35 bits per heavy atom. The first-order valence-corrected chi connectivity index (χ1v) is 12.4. The number of halogens is 2. The molecule has 1 fully saturated rings. The van der Waals surface area contributed by atoms with E-state index < -0.39 is 26.6 Å². The summed E-state index contributed by atoms with van der Waals surface area (Å²) < 4.78 is 65.4. The van der Waals surface area contributed by atoms with Crippen molar-refractivity contribution < 1.29 is 31.5 Å². The Hall–Kier alpha value is -2.98. The Labute approximate surface area is 198 Å². The third-order valence-electron chi connectivity index (χ3n) is 5.43. The minimum Gasteiger partial charge on any atom is -0.493 e. The summed E-state index contributed by atoms with van der Waals surface area (Å²) >= 11 is 0. The van der Waals surface area contributed by atoms with Crippen LogP contribution in [0.25, 0.3) is 6.08 Å². The van der Waals surface area contributed by atoms with Crippen LogP contribution in [0.2, 0.25) is 0 Å². The second kappa shape index (κ2) is 11.4. The number of rotatable bonds is 9. The molecule has 1 amide bonds. The molecule has 0 unspecified atom stereocenters. The summed E-state index contributed by atoms with van der Waals surface area (Å²) in [5.74, 6) is -1.39. The fourth-order valence-electron chi connectivity index (χ4n) is 3.51. The fourth-order valence-corrected chi connectivity index (χ4v) is 5.04. The number of benzene rings is 2. The van der Waals surface area contributed by atoms with E-state index >= 15 is 0 Å². The first kappa shape index (κ1) is 25.6. The molecule has 1 aliphatic heterocycles. The Morgan fingerprint density at radius 1 is 1.06 bits per heavy atom. The molecule has 184 valence electrons. The second-order valence-corrected chi connectivity index (χ2v) is 9.60. The van der Waals surface area contributed by atoms with E-state index in [1.807, 2.05) is 0 Å². The molecule has 0 bridgehead atoms. The van der Waals surface area contributed by atoms with Gasteiger partial charge in [0.2, 0.25) is 15.9 Å². The van der Waals surface area contributed by atoms with Crippen molar-refractivity contribution in [3.63, 3.8) is 0 Å². The molecule has 7 nitrogen and oxygen atoms in total. The van der Waals surface area contributed by atoms with Crippen LogP contribution in [0.5, 0.6) is 11.5 Å². The first-order valence-electron chi connectivity index (χ1n) is 11.0. The second-order valence-electron chi connectivity index (χ2n) is 7.73. The molecule has 0 atom stereocenters. The van der Waals surface area contributed by atoms with Gasteiger partial charge in [-0.25, -0.2) is 17.2 Å². The molecule has 0 radical (unpaired) electrons. The number of carbonyl (C=O) groups excluding carboxylic acids is 1. The maximum Gasteiger partial charge on any atom is 0.249 e. The molecule has 0 N–H and O–H groups in total. The molecule has 2 aromatic carbocycles. The highest BCUT2D eigenvalue weighted by Crippen LogP contribution is 2.29.